The van der Waals surface area contributed by atoms with Crippen LogP contribution in [0.15, 0.2) is 133 Å². The van der Waals surface area contributed by atoms with Gasteiger partial charge in [0, 0.05) is 13.0 Å². The largest absolute Gasteiger partial charge is 0.256 e. The molecule has 0 N–H and O–H groups in total. The van der Waals surface area contributed by atoms with Crippen LogP contribution in [0.5, 0.6) is 0 Å². The summed E-state index contributed by atoms with van der Waals surface area (Å²) in [5.41, 5.74) is 11.8. The minimum atomic E-state index is 0. The zero-order valence-corrected chi connectivity index (χ0v) is 20.3. The molecule has 0 saturated carbocycles. The Hall–Kier alpha value is -4.23. The molecule has 0 unspecified atom stereocenters. The fraction of sp³-hybridized carbons (Fsp3) is 0.0882. The predicted octanol–water partition coefficient (Wildman–Crippen LogP) is 9.25. The number of allylic oxidation sites excluding steroid dienone is 9. The minimum Gasteiger partial charge on any atom is -0.256 e. The summed E-state index contributed by atoms with van der Waals surface area (Å²) in [6.45, 7) is 8.63. The molecule has 0 radical (unpaired) electrons. The lowest BCUT2D eigenvalue weighted by atomic mass is 9.83. The van der Waals surface area contributed by atoms with Crippen LogP contribution >= 0.6 is 0 Å². The van der Waals surface area contributed by atoms with E-state index >= 15 is 0 Å². The lowest BCUT2D eigenvalue weighted by molar-refractivity contribution is 1.26. The van der Waals surface area contributed by atoms with Crippen LogP contribution in [0, 0.1) is 6.92 Å². The van der Waals surface area contributed by atoms with E-state index in [1.54, 1.807) is 0 Å². The van der Waals surface area contributed by atoms with Gasteiger partial charge in [-0.05, 0) is 77.0 Å². The Kier molecular flexibility index (Phi) is 6.41. The number of pyridine rings is 1. The maximum atomic E-state index is 4.60. The normalized spacial score (nSPS) is 15.1. The lowest BCUT2D eigenvalue weighted by Crippen LogP contribution is -1.99. The minimum absolute atomic E-state index is 0. The first-order valence-corrected chi connectivity index (χ1v) is 12.1. The van der Waals surface area contributed by atoms with Crippen LogP contribution in [0.2, 0.25) is 0 Å². The van der Waals surface area contributed by atoms with Gasteiger partial charge in [0.1, 0.15) is 0 Å². The van der Waals surface area contributed by atoms with E-state index in [4.69, 9.17) is 0 Å². The molecule has 5 rings (SSSR count). The fourth-order valence-corrected chi connectivity index (χ4v) is 4.74. The van der Waals surface area contributed by atoms with Crippen molar-refractivity contribution >= 4 is 27.6 Å². The third-order valence-electron chi connectivity index (χ3n) is 6.55. The zero-order valence-electron chi connectivity index (χ0n) is 20.3. The molecule has 0 spiro atoms. The predicted molar refractivity (Wildman–Crippen MR) is 153 cm³/mol. The molecule has 1 heterocycles. The Morgan fingerprint density at radius 1 is 0.914 bits per heavy atom. The number of hydrogen-bond donors (Lipinski definition) is 0. The highest BCUT2D eigenvalue weighted by Crippen LogP contribution is 2.40. The lowest BCUT2D eigenvalue weighted by Gasteiger charge is -2.21. The van der Waals surface area contributed by atoms with Gasteiger partial charge >= 0.3 is 0 Å². The van der Waals surface area contributed by atoms with Gasteiger partial charge in [-0.3, -0.25) is 4.98 Å². The summed E-state index contributed by atoms with van der Waals surface area (Å²) in [6.07, 6.45) is 11.9. The molecule has 0 atom stereocenters. The van der Waals surface area contributed by atoms with Crippen LogP contribution in [0.4, 0.5) is 0 Å². The van der Waals surface area contributed by atoms with Crippen LogP contribution in [0.25, 0.3) is 27.6 Å². The Bertz CT molecular complexity index is 1530. The highest BCUT2D eigenvalue weighted by atomic mass is 14.6. The van der Waals surface area contributed by atoms with Gasteiger partial charge in [0.15, 0.2) is 0 Å². The van der Waals surface area contributed by atoms with Gasteiger partial charge in [0.05, 0.1) is 5.52 Å². The van der Waals surface area contributed by atoms with Crippen molar-refractivity contribution < 1.29 is 1.43 Å². The zero-order chi connectivity index (χ0) is 24.2. The van der Waals surface area contributed by atoms with Crippen LogP contribution < -0.4 is 0 Å². The molecule has 0 saturated heterocycles. The summed E-state index contributed by atoms with van der Waals surface area (Å²) in [6, 6.07) is 29.7. The number of aryl methyl sites for hydroxylation is 1. The monoisotopic (exact) mass is 453 g/mol. The number of para-hydroxylation sites is 1. The van der Waals surface area contributed by atoms with Gasteiger partial charge in [-0.25, -0.2) is 0 Å². The summed E-state index contributed by atoms with van der Waals surface area (Å²) >= 11 is 0. The van der Waals surface area contributed by atoms with E-state index in [9.17, 15) is 0 Å². The number of benzene rings is 3. The molecule has 1 nitrogen and oxygen atoms in total. The van der Waals surface area contributed by atoms with E-state index < -0.39 is 0 Å². The molecular weight excluding hydrogens is 422 g/mol. The SMILES string of the molecule is C=C(C(/C=C1/C=C(c2ccnc3ccccc23)C(c2cccc(C)c2)=CC1)=C/C)c1ccccc1.[HH]. The van der Waals surface area contributed by atoms with Crippen LogP contribution in [-0.2, 0) is 0 Å². The van der Waals surface area contributed by atoms with Crippen molar-refractivity contribution in [2.24, 2.45) is 0 Å². The van der Waals surface area contributed by atoms with E-state index in [1.165, 1.54) is 38.8 Å². The second-order valence-electron chi connectivity index (χ2n) is 8.93. The van der Waals surface area contributed by atoms with Gasteiger partial charge in [0.25, 0.3) is 0 Å². The molecule has 0 aliphatic heterocycles. The summed E-state index contributed by atoms with van der Waals surface area (Å²) in [4.78, 5) is 4.60. The fourth-order valence-electron chi connectivity index (χ4n) is 4.74. The third kappa shape index (κ3) is 4.72. The number of nitrogens with zero attached hydrogens (tertiary/aromatic N) is 1. The van der Waals surface area contributed by atoms with E-state index in [0.29, 0.717) is 0 Å². The van der Waals surface area contributed by atoms with Crippen LogP contribution in [0.3, 0.4) is 0 Å². The second kappa shape index (κ2) is 9.95. The van der Waals surface area contributed by atoms with Crippen LogP contribution in [-0.4, -0.2) is 4.98 Å². The van der Waals surface area contributed by atoms with E-state index in [0.717, 1.165) is 28.6 Å². The van der Waals surface area contributed by atoms with Crippen molar-refractivity contribution in [1.82, 2.24) is 4.98 Å². The first-order valence-electron chi connectivity index (χ1n) is 12.1. The maximum Gasteiger partial charge on any atom is 0.0708 e. The van der Waals surface area contributed by atoms with Gasteiger partial charge in [-0.1, -0.05) is 109 Å². The number of hydrogen-bond acceptors (Lipinski definition) is 1. The Morgan fingerprint density at radius 2 is 1.71 bits per heavy atom. The van der Waals surface area contributed by atoms with Crippen molar-refractivity contribution in [2.45, 2.75) is 20.3 Å². The van der Waals surface area contributed by atoms with E-state index in [1.807, 2.05) is 18.3 Å². The number of rotatable bonds is 5. The molecular formula is C34H31N. The molecule has 1 aliphatic carbocycles. The van der Waals surface area contributed by atoms with Gasteiger partial charge < -0.3 is 0 Å². The van der Waals surface area contributed by atoms with E-state index in [2.05, 4.69) is 123 Å². The molecule has 0 amide bonds. The van der Waals surface area contributed by atoms with Crippen molar-refractivity contribution in [3.63, 3.8) is 0 Å². The molecule has 35 heavy (non-hydrogen) atoms. The second-order valence-corrected chi connectivity index (χ2v) is 8.93. The van der Waals surface area contributed by atoms with Crippen molar-refractivity contribution in [3.8, 4) is 0 Å². The third-order valence-corrected chi connectivity index (χ3v) is 6.55. The van der Waals surface area contributed by atoms with E-state index in [-0.39, 0.29) is 1.43 Å². The van der Waals surface area contributed by atoms with Crippen molar-refractivity contribution in [1.29, 1.82) is 0 Å². The van der Waals surface area contributed by atoms with Gasteiger partial charge in [-0.15, -0.1) is 0 Å². The number of aromatic nitrogens is 1. The molecule has 1 aliphatic rings. The molecule has 3 aromatic carbocycles. The summed E-state index contributed by atoms with van der Waals surface area (Å²) in [5, 5.41) is 1.17. The molecule has 172 valence electrons. The molecule has 0 bridgehead atoms. The highest BCUT2D eigenvalue weighted by molar-refractivity contribution is 6.11. The Morgan fingerprint density at radius 3 is 2.51 bits per heavy atom. The number of fused-ring (bicyclic) bond motifs is 1. The van der Waals surface area contributed by atoms with Crippen molar-refractivity contribution in [2.75, 3.05) is 0 Å². The average Bonchev–Trinajstić information content (AvgIpc) is 2.91. The topological polar surface area (TPSA) is 12.9 Å². The quantitative estimate of drug-likeness (QED) is 0.274. The molecule has 0 fully saturated rings. The summed E-state index contributed by atoms with van der Waals surface area (Å²) in [5.74, 6) is 0. The Balaban J connectivity index is 0.00000304. The van der Waals surface area contributed by atoms with Gasteiger partial charge in [-0.2, -0.15) is 0 Å². The molecule has 4 aromatic rings. The smallest absolute Gasteiger partial charge is 0.0708 e. The average molecular weight is 454 g/mol. The van der Waals surface area contributed by atoms with Crippen LogP contribution in [0.1, 0.15) is 37.0 Å². The first-order chi connectivity index (χ1) is 17.1. The standard InChI is InChI=1S/C34H29N.H2/c1-4-27(25(3)28-12-6-5-7-13-28)22-26-17-18-30(29-14-10-11-24(2)21-29)33(23-26)31-19-20-35-34-16-9-8-15-32(31)34;/h4-16,18-23H,3,17H2,1-2H3;1H/b26-22+,27-4+;. The highest BCUT2D eigenvalue weighted by Gasteiger charge is 2.18. The van der Waals surface area contributed by atoms with Gasteiger partial charge in [0.2, 0.25) is 0 Å². The summed E-state index contributed by atoms with van der Waals surface area (Å²) < 4.78 is 0. The Labute approximate surface area is 209 Å². The molecule has 1 aromatic heterocycles. The molecule has 1 heteroatoms. The first kappa shape index (κ1) is 22.6. The van der Waals surface area contributed by atoms with Crippen molar-refractivity contribution in [3.05, 3.63) is 155 Å². The summed E-state index contributed by atoms with van der Waals surface area (Å²) in [7, 11) is 0. The maximum absolute atomic E-state index is 4.60.